The van der Waals surface area contributed by atoms with Crippen LogP contribution in [0, 0.1) is 0 Å². The molecule has 0 aromatic carbocycles. The zero-order valence-corrected chi connectivity index (χ0v) is 11.6. The Hall–Kier alpha value is -0.390. The van der Waals surface area contributed by atoms with Crippen LogP contribution in [-0.4, -0.2) is 44.7 Å². The normalized spacial score (nSPS) is 10.4. The Morgan fingerprint density at radius 1 is 1.40 bits per heavy atom. The highest BCUT2D eigenvalue weighted by molar-refractivity contribution is 5.91. The molecular formula is C10H21BrN2O2. The first-order chi connectivity index (χ1) is 6.33. The van der Waals surface area contributed by atoms with Crippen LogP contribution < -0.4 is 22.5 Å². The summed E-state index contributed by atoms with van der Waals surface area (Å²) in [5.41, 5.74) is 2.78. The summed E-state index contributed by atoms with van der Waals surface area (Å²) < 4.78 is 0.901. The van der Waals surface area contributed by atoms with Crippen LogP contribution in [0.1, 0.15) is 13.3 Å². The second-order valence-corrected chi connectivity index (χ2v) is 4.43. The highest BCUT2D eigenvalue weighted by Crippen LogP contribution is 1.93. The van der Waals surface area contributed by atoms with E-state index in [0.29, 0.717) is 12.2 Å². The maximum atomic E-state index is 11.0. The monoisotopic (exact) mass is 280 g/mol. The molecule has 0 aliphatic heterocycles. The van der Waals surface area contributed by atoms with Crippen LogP contribution in [0.2, 0.25) is 0 Å². The van der Waals surface area contributed by atoms with Gasteiger partial charge in [-0.3, -0.25) is 9.63 Å². The summed E-state index contributed by atoms with van der Waals surface area (Å²) in [5.74, 6) is -0.254. The number of hydroxylamine groups is 1. The van der Waals surface area contributed by atoms with E-state index in [0.717, 1.165) is 17.4 Å². The molecule has 0 aliphatic rings. The van der Waals surface area contributed by atoms with Crippen LogP contribution in [0.15, 0.2) is 12.2 Å². The molecule has 0 saturated heterocycles. The van der Waals surface area contributed by atoms with Gasteiger partial charge in [0.25, 0.3) is 5.91 Å². The molecule has 0 radical (unpaired) electrons. The van der Waals surface area contributed by atoms with Crippen LogP contribution >= 0.6 is 0 Å². The van der Waals surface area contributed by atoms with Crippen molar-refractivity contribution in [1.29, 1.82) is 0 Å². The first-order valence-electron chi connectivity index (χ1n) is 4.71. The van der Waals surface area contributed by atoms with Gasteiger partial charge in [-0.1, -0.05) is 6.58 Å². The Kier molecular flexibility index (Phi) is 8.90. The molecule has 0 bridgehead atoms. The number of quaternary nitrogens is 1. The number of amides is 1. The summed E-state index contributed by atoms with van der Waals surface area (Å²) in [6, 6.07) is 0. The molecule has 0 atom stereocenters. The molecule has 4 nitrogen and oxygen atoms in total. The molecule has 0 saturated carbocycles. The number of rotatable bonds is 6. The van der Waals surface area contributed by atoms with Gasteiger partial charge >= 0.3 is 0 Å². The van der Waals surface area contributed by atoms with Crippen molar-refractivity contribution in [3.05, 3.63) is 12.2 Å². The van der Waals surface area contributed by atoms with Gasteiger partial charge in [0, 0.05) is 12.0 Å². The lowest BCUT2D eigenvalue weighted by atomic mass is 10.3. The van der Waals surface area contributed by atoms with Crippen molar-refractivity contribution in [3.63, 3.8) is 0 Å². The van der Waals surface area contributed by atoms with Gasteiger partial charge in [-0.2, -0.15) is 0 Å². The van der Waals surface area contributed by atoms with Gasteiger partial charge in [0.15, 0.2) is 0 Å². The van der Waals surface area contributed by atoms with Gasteiger partial charge in [-0.05, 0) is 6.92 Å². The first-order valence-corrected chi connectivity index (χ1v) is 4.71. The maximum absolute atomic E-state index is 11.0. The Morgan fingerprint density at radius 3 is 2.33 bits per heavy atom. The molecule has 5 heteroatoms. The molecule has 0 heterocycles. The minimum Gasteiger partial charge on any atom is -1.00 e. The third-order valence-electron chi connectivity index (χ3n) is 1.63. The molecule has 1 amide bonds. The molecule has 0 spiro atoms. The van der Waals surface area contributed by atoms with Gasteiger partial charge < -0.3 is 21.5 Å². The van der Waals surface area contributed by atoms with Crippen LogP contribution in [0.3, 0.4) is 0 Å². The minimum atomic E-state index is -0.254. The molecule has 15 heavy (non-hydrogen) atoms. The van der Waals surface area contributed by atoms with Crippen LogP contribution in [-0.2, 0) is 9.63 Å². The second kappa shape index (κ2) is 7.84. The molecule has 0 rings (SSSR count). The van der Waals surface area contributed by atoms with Crippen LogP contribution in [0.25, 0.3) is 0 Å². The average molecular weight is 281 g/mol. The van der Waals surface area contributed by atoms with E-state index in [1.807, 2.05) is 0 Å². The SMILES string of the molecule is C=C(C)C(=O)NOCCC[N+](C)(C)C.[Br-]. The fourth-order valence-corrected chi connectivity index (χ4v) is 0.815. The highest BCUT2D eigenvalue weighted by atomic mass is 79.9. The van der Waals surface area contributed by atoms with Crippen LogP contribution in [0.5, 0.6) is 0 Å². The Bertz CT molecular complexity index is 212. The van der Waals surface area contributed by atoms with Gasteiger partial charge in [-0.25, -0.2) is 5.48 Å². The van der Waals surface area contributed by atoms with Crippen molar-refractivity contribution < 1.29 is 31.1 Å². The number of nitrogens with zero attached hydrogens (tertiary/aromatic N) is 1. The maximum Gasteiger partial charge on any atom is 0.269 e. The van der Waals surface area contributed by atoms with Gasteiger partial charge in [-0.15, -0.1) is 0 Å². The third-order valence-corrected chi connectivity index (χ3v) is 1.63. The largest absolute Gasteiger partial charge is 1.00 e. The number of hydrogen-bond acceptors (Lipinski definition) is 2. The summed E-state index contributed by atoms with van der Waals surface area (Å²) >= 11 is 0. The highest BCUT2D eigenvalue weighted by Gasteiger charge is 2.06. The van der Waals surface area contributed by atoms with Crippen molar-refractivity contribution in [3.8, 4) is 0 Å². The van der Waals surface area contributed by atoms with E-state index < -0.39 is 0 Å². The zero-order chi connectivity index (χ0) is 11.2. The summed E-state index contributed by atoms with van der Waals surface area (Å²) in [5, 5.41) is 0. The molecule has 0 aromatic heterocycles. The van der Waals surface area contributed by atoms with Gasteiger partial charge in [0.2, 0.25) is 0 Å². The number of carbonyl (C=O) groups is 1. The van der Waals surface area contributed by atoms with Crippen molar-refractivity contribution in [2.75, 3.05) is 34.3 Å². The fraction of sp³-hybridized carbons (Fsp3) is 0.700. The topological polar surface area (TPSA) is 38.3 Å². The van der Waals surface area contributed by atoms with Crippen molar-refractivity contribution in [2.24, 2.45) is 0 Å². The van der Waals surface area contributed by atoms with E-state index in [2.05, 4.69) is 33.2 Å². The average Bonchev–Trinajstić information content (AvgIpc) is 2.01. The predicted octanol–water partition coefficient (Wildman–Crippen LogP) is -2.29. The molecule has 0 unspecified atom stereocenters. The van der Waals surface area contributed by atoms with E-state index in [4.69, 9.17) is 4.84 Å². The standard InChI is InChI=1S/C10H20N2O2.BrH/c1-9(2)10(13)11-14-8-6-7-12(3,4)5;/h1,6-8H2,2-5H3;1H. The Labute approximate surface area is 103 Å². The van der Waals surface area contributed by atoms with E-state index >= 15 is 0 Å². The van der Waals surface area contributed by atoms with Crippen molar-refractivity contribution in [1.82, 2.24) is 5.48 Å². The quantitative estimate of drug-likeness (QED) is 0.258. The van der Waals surface area contributed by atoms with Crippen molar-refractivity contribution in [2.45, 2.75) is 13.3 Å². The lowest BCUT2D eigenvalue weighted by molar-refractivity contribution is -0.870. The lowest BCUT2D eigenvalue weighted by Gasteiger charge is -2.23. The molecule has 0 aromatic rings. The second-order valence-electron chi connectivity index (χ2n) is 4.43. The fourth-order valence-electron chi connectivity index (χ4n) is 0.815. The van der Waals surface area contributed by atoms with Crippen LogP contribution in [0.4, 0.5) is 0 Å². The van der Waals surface area contributed by atoms with Crippen molar-refractivity contribution >= 4 is 5.91 Å². The number of nitrogens with one attached hydrogen (secondary N) is 1. The first kappa shape index (κ1) is 17.0. The molecular weight excluding hydrogens is 260 g/mol. The van der Waals surface area contributed by atoms with E-state index in [1.165, 1.54) is 0 Å². The number of hydrogen-bond donors (Lipinski definition) is 1. The minimum absolute atomic E-state index is 0. The Morgan fingerprint density at radius 2 is 1.93 bits per heavy atom. The Balaban J connectivity index is 0. The smallest absolute Gasteiger partial charge is 0.269 e. The third kappa shape index (κ3) is 11.5. The molecule has 0 aliphatic carbocycles. The van der Waals surface area contributed by atoms with E-state index in [-0.39, 0.29) is 22.9 Å². The summed E-state index contributed by atoms with van der Waals surface area (Å²) in [4.78, 5) is 15.9. The molecule has 0 fully saturated rings. The lowest BCUT2D eigenvalue weighted by Crippen LogP contribution is -3.00. The van der Waals surface area contributed by atoms with Gasteiger partial charge in [0.1, 0.15) is 0 Å². The number of carbonyl (C=O) groups excluding carboxylic acids is 1. The van der Waals surface area contributed by atoms with E-state index in [1.54, 1.807) is 6.92 Å². The predicted molar refractivity (Wildman–Crippen MR) is 56.4 cm³/mol. The molecule has 1 N–H and O–H groups in total. The summed E-state index contributed by atoms with van der Waals surface area (Å²) in [7, 11) is 6.35. The van der Waals surface area contributed by atoms with E-state index in [9.17, 15) is 4.79 Å². The molecule has 90 valence electrons. The number of halogens is 1. The summed E-state index contributed by atoms with van der Waals surface area (Å²) in [6.45, 7) is 6.69. The van der Waals surface area contributed by atoms with Gasteiger partial charge in [0.05, 0.1) is 34.3 Å². The summed E-state index contributed by atoms with van der Waals surface area (Å²) in [6.07, 6.45) is 0.917. The zero-order valence-electron chi connectivity index (χ0n) is 9.97.